The molecule has 1 rings (SSSR count). The smallest absolute Gasteiger partial charge is 0.221 e. The number of hydrogen-bond donors (Lipinski definition) is 2. The Labute approximate surface area is 140 Å². The normalized spacial score (nSPS) is 12.5. The lowest BCUT2D eigenvalue weighted by Gasteiger charge is -2.23. The van der Waals surface area contributed by atoms with E-state index in [9.17, 15) is 9.59 Å². The SMILES string of the molecule is Cc1ccc(CCCC(=O)NC(NC(C)C)C(=O)C(C)C)cc1. The van der Waals surface area contributed by atoms with Crippen molar-refractivity contribution in [3.63, 3.8) is 0 Å². The lowest BCUT2D eigenvalue weighted by atomic mass is 10.0. The molecule has 4 heteroatoms. The Kier molecular flexibility index (Phi) is 7.96. The number of benzene rings is 1. The van der Waals surface area contributed by atoms with Crippen LogP contribution in [0.3, 0.4) is 0 Å². The molecule has 1 atom stereocenters. The summed E-state index contributed by atoms with van der Waals surface area (Å²) in [5.74, 6) is -0.172. The summed E-state index contributed by atoms with van der Waals surface area (Å²) in [4.78, 5) is 24.3. The van der Waals surface area contributed by atoms with Gasteiger partial charge in [0.1, 0.15) is 6.17 Å². The summed E-state index contributed by atoms with van der Waals surface area (Å²) in [6.07, 6.45) is 1.48. The summed E-state index contributed by atoms with van der Waals surface area (Å²) < 4.78 is 0. The van der Waals surface area contributed by atoms with Crippen LogP contribution in [0.4, 0.5) is 0 Å². The number of hydrogen-bond acceptors (Lipinski definition) is 3. The van der Waals surface area contributed by atoms with Gasteiger partial charge >= 0.3 is 0 Å². The predicted molar refractivity (Wildman–Crippen MR) is 94.2 cm³/mol. The first-order valence-electron chi connectivity index (χ1n) is 8.44. The van der Waals surface area contributed by atoms with Gasteiger partial charge in [0.05, 0.1) is 0 Å². The number of Topliss-reactive ketones (excluding diaryl/α,β-unsaturated/α-hetero) is 1. The highest BCUT2D eigenvalue weighted by Gasteiger charge is 2.23. The third-order valence-electron chi connectivity index (χ3n) is 3.65. The number of ketones is 1. The molecule has 1 aromatic carbocycles. The molecule has 4 nitrogen and oxygen atoms in total. The van der Waals surface area contributed by atoms with E-state index in [2.05, 4.69) is 41.8 Å². The van der Waals surface area contributed by atoms with E-state index in [1.807, 2.05) is 27.7 Å². The van der Waals surface area contributed by atoms with E-state index >= 15 is 0 Å². The molecular weight excluding hydrogens is 288 g/mol. The average Bonchev–Trinajstić information content (AvgIpc) is 2.47. The van der Waals surface area contributed by atoms with Gasteiger partial charge in [-0.3, -0.25) is 14.9 Å². The minimum Gasteiger partial charge on any atom is -0.334 e. The standard InChI is InChI=1S/C19H30N2O2/c1-13(2)18(23)19(20-14(3)4)21-17(22)8-6-7-16-11-9-15(5)10-12-16/h9-14,19-20H,6-8H2,1-5H3,(H,21,22). The van der Waals surface area contributed by atoms with E-state index in [0.29, 0.717) is 6.42 Å². The molecule has 0 saturated carbocycles. The molecule has 0 saturated heterocycles. The number of carbonyl (C=O) groups excluding carboxylic acids is 2. The number of amides is 1. The number of carbonyl (C=O) groups is 2. The zero-order valence-corrected chi connectivity index (χ0v) is 15.0. The van der Waals surface area contributed by atoms with E-state index in [4.69, 9.17) is 0 Å². The van der Waals surface area contributed by atoms with E-state index in [0.717, 1.165) is 12.8 Å². The first-order valence-corrected chi connectivity index (χ1v) is 8.44. The van der Waals surface area contributed by atoms with Gasteiger partial charge in [0.2, 0.25) is 5.91 Å². The van der Waals surface area contributed by atoms with E-state index in [1.165, 1.54) is 11.1 Å². The molecule has 0 aliphatic rings. The van der Waals surface area contributed by atoms with Gasteiger partial charge in [-0.1, -0.05) is 43.7 Å². The van der Waals surface area contributed by atoms with Crippen LogP contribution in [-0.2, 0) is 16.0 Å². The van der Waals surface area contributed by atoms with Gasteiger partial charge in [0.15, 0.2) is 5.78 Å². The van der Waals surface area contributed by atoms with Crippen LogP contribution in [0, 0.1) is 12.8 Å². The van der Waals surface area contributed by atoms with E-state index < -0.39 is 6.17 Å². The molecule has 128 valence electrons. The summed E-state index contributed by atoms with van der Waals surface area (Å²) in [7, 11) is 0. The van der Waals surface area contributed by atoms with Gasteiger partial charge in [-0.2, -0.15) is 0 Å². The van der Waals surface area contributed by atoms with Crippen LogP contribution in [0.25, 0.3) is 0 Å². The topological polar surface area (TPSA) is 58.2 Å². The van der Waals surface area contributed by atoms with Gasteiger partial charge in [-0.25, -0.2) is 0 Å². The lowest BCUT2D eigenvalue weighted by molar-refractivity contribution is -0.130. The van der Waals surface area contributed by atoms with Crippen LogP contribution >= 0.6 is 0 Å². The van der Waals surface area contributed by atoms with Crippen molar-refractivity contribution in [2.45, 2.75) is 66.1 Å². The molecule has 0 aliphatic heterocycles. The second-order valence-corrected chi connectivity index (χ2v) is 6.72. The van der Waals surface area contributed by atoms with Crippen molar-refractivity contribution < 1.29 is 9.59 Å². The maximum Gasteiger partial charge on any atom is 0.221 e. The van der Waals surface area contributed by atoms with E-state index in [1.54, 1.807) is 0 Å². The summed E-state index contributed by atoms with van der Waals surface area (Å²) in [6.45, 7) is 9.68. The van der Waals surface area contributed by atoms with Gasteiger partial charge in [-0.05, 0) is 39.2 Å². The number of rotatable bonds is 9. The van der Waals surface area contributed by atoms with Crippen molar-refractivity contribution in [3.8, 4) is 0 Å². The van der Waals surface area contributed by atoms with Crippen molar-refractivity contribution in [3.05, 3.63) is 35.4 Å². The highest BCUT2D eigenvalue weighted by Crippen LogP contribution is 2.07. The molecule has 0 aliphatic carbocycles. The minimum absolute atomic E-state index is 0.0191. The Morgan fingerprint density at radius 1 is 1.04 bits per heavy atom. The fraction of sp³-hybridized carbons (Fsp3) is 0.579. The Bertz CT molecular complexity index is 507. The highest BCUT2D eigenvalue weighted by atomic mass is 16.2. The number of nitrogens with one attached hydrogen (secondary N) is 2. The molecule has 0 aromatic heterocycles. The van der Waals surface area contributed by atoms with Gasteiger partial charge in [0, 0.05) is 18.4 Å². The van der Waals surface area contributed by atoms with Crippen LogP contribution in [0.15, 0.2) is 24.3 Å². The van der Waals surface area contributed by atoms with Gasteiger partial charge in [0.25, 0.3) is 0 Å². The summed E-state index contributed by atoms with van der Waals surface area (Å²) in [6, 6.07) is 8.49. The van der Waals surface area contributed by atoms with Crippen LogP contribution < -0.4 is 10.6 Å². The molecule has 0 radical (unpaired) electrons. The van der Waals surface area contributed by atoms with Crippen molar-refractivity contribution >= 4 is 11.7 Å². The maximum absolute atomic E-state index is 12.2. The first kappa shape index (κ1) is 19.4. The van der Waals surface area contributed by atoms with Crippen molar-refractivity contribution in [2.24, 2.45) is 5.92 Å². The molecule has 0 bridgehead atoms. The molecule has 2 N–H and O–H groups in total. The van der Waals surface area contributed by atoms with E-state index in [-0.39, 0.29) is 23.7 Å². The monoisotopic (exact) mass is 318 g/mol. The summed E-state index contributed by atoms with van der Waals surface area (Å²) in [5.41, 5.74) is 2.47. The number of aryl methyl sites for hydroxylation is 2. The minimum atomic E-state index is -0.595. The van der Waals surface area contributed by atoms with Crippen LogP contribution in [0.2, 0.25) is 0 Å². The quantitative estimate of drug-likeness (QED) is 0.688. The summed E-state index contributed by atoms with van der Waals surface area (Å²) in [5, 5.41) is 5.95. The Balaban J connectivity index is 2.45. The van der Waals surface area contributed by atoms with Crippen molar-refractivity contribution in [2.75, 3.05) is 0 Å². The molecule has 0 heterocycles. The Morgan fingerprint density at radius 2 is 1.65 bits per heavy atom. The maximum atomic E-state index is 12.2. The predicted octanol–water partition coefficient (Wildman–Crippen LogP) is 2.98. The zero-order valence-electron chi connectivity index (χ0n) is 15.0. The third kappa shape index (κ3) is 7.42. The molecular formula is C19H30N2O2. The highest BCUT2D eigenvalue weighted by molar-refractivity contribution is 5.89. The largest absolute Gasteiger partial charge is 0.334 e. The molecule has 1 unspecified atom stereocenters. The lowest BCUT2D eigenvalue weighted by Crippen LogP contribution is -2.54. The first-order chi connectivity index (χ1) is 10.8. The van der Waals surface area contributed by atoms with Crippen LogP contribution in [0.1, 0.15) is 51.7 Å². The molecule has 0 spiro atoms. The fourth-order valence-electron chi connectivity index (χ4n) is 2.30. The second-order valence-electron chi connectivity index (χ2n) is 6.72. The summed E-state index contributed by atoms with van der Waals surface area (Å²) >= 11 is 0. The third-order valence-corrected chi connectivity index (χ3v) is 3.65. The average molecular weight is 318 g/mol. The van der Waals surface area contributed by atoms with Crippen LogP contribution in [-0.4, -0.2) is 23.9 Å². The van der Waals surface area contributed by atoms with Crippen LogP contribution in [0.5, 0.6) is 0 Å². The Hall–Kier alpha value is -1.68. The van der Waals surface area contributed by atoms with Crippen molar-refractivity contribution in [1.29, 1.82) is 0 Å². The Morgan fingerprint density at radius 3 is 2.17 bits per heavy atom. The molecule has 1 aromatic rings. The zero-order chi connectivity index (χ0) is 17.4. The van der Waals surface area contributed by atoms with Crippen molar-refractivity contribution in [1.82, 2.24) is 10.6 Å². The molecule has 23 heavy (non-hydrogen) atoms. The fourth-order valence-corrected chi connectivity index (χ4v) is 2.30. The molecule has 1 amide bonds. The van der Waals surface area contributed by atoms with Gasteiger partial charge < -0.3 is 5.32 Å². The second kappa shape index (κ2) is 9.46. The molecule has 0 fully saturated rings. The van der Waals surface area contributed by atoms with Gasteiger partial charge in [-0.15, -0.1) is 0 Å².